The molecule has 3 N–H and O–H groups in total. The normalized spacial score (nSPS) is 16.6. The second-order valence-electron chi connectivity index (χ2n) is 4.58. The van der Waals surface area contributed by atoms with E-state index in [0.717, 1.165) is 6.54 Å². The van der Waals surface area contributed by atoms with Gasteiger partial charge in [0.1, 0.15) is 0 Å². The van der Waals surface area contributed by atoms with Crippen LogP contribution in [0.3, 0.4) is 0 Å². The number of nitrogens with one attached hydrogen (secondary N) is 1. The average Bonchev–Trinajstić information content (AvgIpc) is 3.09. The Bertz CT molecular complexity index is 273. The van der Waals surface area contributed by atoms with Gasteiger partial charge in [0.2, 0.25) is 11.8 Å². The molecule has 0 bridgehead atoms. The summed E-state index contributed by atoms with van der Waals surface area (Å²) in [6, 6.07) is -0.524. The standard InChI is InChI=1S/C12H23N3O2/c1-3-15(4-2)11(16)7-10(12(13)17)14-8-9-5-6-9/h9-10,14H,3-8H2,1-2H3,(H2,13,17). The molecule has 1 saturated carbocycles. The van der Waals surface area contributed by atoms with Gasteiger partial charge in [-0.05, 0) is 39.2 Å². The second-order valence-corrected chi connectivity index (χ2v) is 4.58. The lowest BCUT2D eigenvalue weighted by Crippen LogP contribution is -2.46. The van der Waals surface area contributed by atoms with E-state index in [4.69, 9.17) is 5.73 Å². The highest BCUT2D eigenvalue weighted by atomic mass is 16.2. The molecule has 0 aromatic rings. The molecule has 98 valence electrons. The first-order valence-corrected chi connectivity index (χ1v) is 6.38. The lowest BCUT2D eigenvalue weighted by atomic mass is 10.1. The summed E-state index contributed by atoms with van der Waals surface area (Å²) < 4.78 is 0. The van der Waals surface area contributed by atoms with Gasteiger partial charge in [-0.15, -0.1) is 0 Å². The van der Waals surface area contributed by atoms with E-state index in [1.54, 1.807) is 4.90 Å². The minimum absolute atomic E-state index is 0.0119. The molecule has 5 nitrogen and oxygen atoms in total. The van der Waals surface area contributed by atoms with Crippen LogP contribution in [0.15, 0.2) is 0 Å². The van der Waals surface area contributed by atoms with Crippen LogP contribution in [0.4, 0.5) is 0 Å². The highest BCUT2D eigenvalue weighted by molar-refractivity contribution is 5.87. The molecule has 0 radical (unpaired) electrons. The van der Waals surface area contributed by atoms with Crippen molar-refractivity contribution in [1.82, 2.24) is 10.2 Å². The van der Waals surface area contributed by atoms with Crippen LogP contribution in [0, 0.1) is 5.92 Å². The maximum Gasteiger partial charge on any atom is 0.235 e. The molecule has 1 atom stereocenters. The van der Waals surface area contributed by atoms with E-state index in [1.165, 1.54) is 12.8 Å². The van der Waals surface area contributed by atoms with Crippen molar-refractivity contribution in [2.45, 2.75) is 39.2 Å². The van der Waals surface area contributed by atoms with Crippen LogP contribution in [0.2, 0.25) is 0 Å². The fraction of sp³-hybridized carbons (Fsp3) is 0.833. The summed E-state index contributed by atoms with van der Waals surface area (Å²) in [4.78, 5) is 24.8. The number of hydrogen-bond donors (Lipinski definition) is 2. The molecule has 0 saturated heterocycles. The molecule has 0 aromatic carbocycles. The molecular formula is C12H23N3O2. The number of carbonyl (C=O) groups is 2. The summed E-state index contributed by atoms with van der Waals surface area (Å²) in [6.45, 7) is 5.99. The maximum atomic E-state index is 11.9. The molecule has 1 aliphatic carbocycles. The molecule has 0 heterocycles. The number of primary amides is 1. The smallest absolute Gasteiger partial charge is 0.235 e. The number of hydrogen-bond acceptors (Lipinski definition) is 3. The Hall–Kier alpha value is -1.10. The Morgan fingerprint density at radius 2 is 1.94 bits per heavy atom. The van der Waals surface area contributed by atoms with Crippen LogP contribution in [0.5, 0.6) is 0 Å². The Morgan fingerprint density at radius 3 is 2.35 bits per heavy atom. The van der Waals surface area contributed by atoms with Crippen LogP contribution < -0.4 is 11.1 Å². The van der Waals surface area contributed by atoms with Gasteiger partial charge in [-0.25, -0.2) is 0 Å². The van der Waals surface area contributed by atoms with Gasteiger partial charge in [-0.1, -0.05) is 0 Å². The third-order valence-corrected chi connectivity index (χ3v) is 3.19. The van der Waals surface area contributed by atoms with E-state index in [1.807, 2.05) is 13.8 Å². The largest absolute Gasteiger partial charge is 0.368 e. The zero-order valence-corrected chi connectivity index (χ0v) is 10.7. The molecule has 2 amide bonds. The van der Waals surface area contributed by atoms with Crippen LogP contribution in [-0.4, -0.2) is 42.4 Å². The quantitative estimate of drug-likeness (QED) is 0.633. The summed E-state index contributed by atoms with van der Waals surface area (Å²) in [5.74, 6) is 0.216. The topological polar surface area (TPSA) is 75.4 Å². The van der Waals surface area contributed by atoms with Gasteiger partial charge in [-0.3, -0.25) is 9.59 Å². The number of carbonyl (C=O) groups excluding carboxylic acids is 2. The molecule has 0 aromatic heterocycles. The first-order chi connectivity index (χ1) is 8.08. The minimum Gasteiger partial charge on any atom is -0.368 e. The Labute approximate surface area is 103 Å². The third-order valence-electron chi connectivity index (χ3n) is 3.19. The first kappa shape index (κ1) is 14.0. The summed E-state index contributed by atoms with van der Waals surface area (Å²) in [5.41, 5.74) is 5.30. The second kappa shape index (κ2) is 6.59. The van der Waals surface area contributed by atoms with E-state index >= 15 is 0 Å². The van der Waals surface area contributed by atoms with Crippen molar-refractivity contribution >= 4 is 11.8 Å². The van der Waals surface area contributed by atoms with E-state index in [9.17, 15) is 9.59 Å². The van der Waals surface area contributed by atoms with Crippen LogP contribution >= 0.6 is 0 Å². The van der Waals surface area contributed by atoms with Crippen molar-refractivity contribution in [1.29, 1.82) is 0 Å². The highest BCUT2D eigenvalue weighted by Crippen LogP contribution is 2.27. The van der Waals surface area contributed by atoms with Gasteiger partial charge in [0.25, 0.3) is 0 Å². The van der Waals surface area contributed by atoms with Gasteiger partial charge >= 0.3 is 0 Å². The van der Waals surface area contributed by atoms with E-state index in [-0.39, 0.29) is 12.3 Å². The molecule has 1 aliphatic rings. The number of amides is 2. The Morgan fingerprint density at radius 1 is 1.35 bits per heavy atom. The molecule has 0 aliphatic heterocycles. The summed E-state index contributed by atoms with van der Waals surface area (Å²) in [5, 5.41) is 3.09. The fourth-order valence-corrected chi connectivity index (χ4v) is 1.78. The van der Waals surface area contributed by atoms with Crippen molar-refractivity contribution < 1.29 is 9.59 Å². The molecule has 1 rings (SSSR count). The summed E-state index contributed by atoms with van der Waals surface area (Å²) >= 11 is 0. The van der Waals surface area contributed by atoms with E-state index in [0.29, 0.717) is 19.0 Å². The van der Waals surface area contributed by atoms with E-state index < -0.39 is 11.9 Å². The van der Waals surface area contributed by atoms with Gasteiger partial charge in [0.15, 0.2) is 0 Å². The van der Waals surface area contributed by atoms with Gasteiger partial charge in [-0.2, -0.15) is 0 Å². The number of rotatable bonds is 8. The van der Waals surface area contributed by atoms with Crippen LogP contribution in [-0.2, 0) is 9.59 Å². The highest BCUT2D eigenvalue weighted by Gasteiger charge is 2.26. The molecule has 1 unspecified atom stereocenters. The number of nitrogens with zero attached hydrogens (tertiary/aromatic N) is 1. The van der Waals surface area contributed by atoms with Crippen molar-refractivity contribution in [3.05, 3.63) is 0 Å². The first-order valence-electron chi connectivity index (χ1n) is 6.38. The predicted octanol–water partition coefficient (Wildman–Crippen LogP) is 0.0984. The summed E-state index contributed by atoms with van der Waals surface area (Å²) in [6.07, 6.45) is 2.59. The van der Waals surface area contributed by atoms with E-state index in [2.05, 4.69) is 5.32 Å². The van der Waals surface area contributed by atoms with Gasteiger partial charge in [0.05, 0.1) is 12.5 Å². The molecule has 5 heteroatoms. The molecule has 1 fully saturated rings. The lowest BCUT2D eigenvalue weighted by Gasteiger charge is -2.22. The maximum absolute atomic E-state index is 11.9. The number of nitrogens with two attached hydrogens (primary N) is 1. The molecule has 0 spiro atoms. The van der Waals surface area contributed by atoms with Crippen molar-refractivity contribution in [3.8, 4) is 0 Å². The average molecular weight is 241 g/mol. The fourth-order valence-electron chi connectivity index (χ4n) is 1.78. The zero-order chi connectivity index (χ0) is 12.8. The zero-order valence-electron chi connectivity index (χ0n) is 10.7. The minimum atomic E-state index is -0.524. The van der Waals surface area contributed by atoms with Crippen molar-refractivity contribution in [2.75, 3.05) is 19.6 Å². The van der Waals surface area contributed by atoms with Crippen molar-refractivity contribution in [3.63, 3.8) is 0 Å². The lowest BCUT2D eigenvalue weighted by molar-refractivity contribution is -0.133. The summed E-state index contributed by atoms with van der Waals surface area (Å²) in [7, 11) is 0. The molecule has 17 heavy (non-hydrogen) atoms. The SMILES string of the molecule is CCN(CC)C(=O)CC(NCC1CC1)C(N)=O. The van der Waals surface area contributed by atoms with Crippen molar-refractivity contribution in [2.24, 2.45) is 11.7 Å². The molecular weight excluding hydrogens is 218 g/mol. The monoisotopic (exact) mass is 241 g/mol. The van der Waals surface area contributed by atoms with Gasteiger partial charge in [0, 0.05) is 13.1 Å². The third kappa shape index (κ3) is 4.73. The van der Waals surface area contributed by atoms with Gasteiger partial charge < -0.3 is 16.0 Å². The Kier molecular flexibility index (Phi) is 5.41. The Balaban J connectivity index is 2.40. The van der Waals surface area contributed by atoms with Crippen LogP contribution in [0.1, 0.15) is 33.1 Å². The predicted molar refractivity (Wildman–Crippen MR) is 66.3 cm³/mol. The van der Waals surface area contributed by atoms with Crippen LogP contribution in [0.25, 0.3) is 0 Å².